The van der Waals surface area contributed by atoms with Crippen LogP contribution in [-0.2, 0) is 4.79 Å². The minimum atomic E-state index is 0. The van der Waals surface area contributed by atoms with Gasteiger partial charge in [-0.15, -0.1) is 24.8 Å². The van der Waals surface area contributed by atoms with Gasteiger partial charge in [-0.25, -0.2) is 0 Å². The predicted octanol–water partition coefficient (Wildman–Crippen LogP) is 2.97. The Morgan fingerprint density at radius 2 is 1.70 bits per heavy atom. The molecule has 0 spiro atoms. The van der Waals surface area contributed by atoms with Gasteiger partial charge in [0.05, 0.1) is 6.04 Å². The first-order valence-corrected chi connectivity index (χ1v) is 8.14. The molecule has 0 aliphatic carbocycles. The van der Waals surface area contributed by atoms with Gasteiger partial charge in [0.2, 0.25) is 5.91 Å². The molecule has 1 N–H and O–H groups in total. The van der Waals surface area contributed by atoms with Crippen LogP contribution in [0, 0.1) is 0 Å². The van der Waals surface area contributed by atoms with Crippen molar-refractivity contribution in [2.24, 2.45) is 0 Å². The van der Waals surface area contributed by atoms with E-state index in [1.54, 1.807) is 0 Å². The smallest absolute Gasteiger partial charge is 0.239 e. The molecule has 3 rings (SSSR count). The molecule has 130 valence electrons. The molecule has 1 unspecified atom stereocenters. The van der Waals surface area contributed by atoms with Crippen LogP contribution in [0.25, 0.3) is 0 Å². The average Bonchev–Trinajstić information content (AvgIpc) is 2.56. The van der Waals surface area contributed by atoms with E-state index in [9.17, 15) is 4.79 Å². The maximum atomic E-state index is 12.5. The van der Waals surface area contributed by atoms with Crippen molar-refractivity contribution in [2.45, 2.75) is 25.3 Å². The molecule has 2 saturated heterocycles. The molecule has 7 heteroatoms. The number of hydrogen-bond donors (Lipinski definition) is 1. The highest BCUT2D eigenvalue weighted by Crippen LogP contribution is 2.20. The number of rotatable bonds is 2. The van der Waals surface area contributed by atoms with Gasteiger partial charge in [-0.1, -0.05) is 18.0 Å². The van der Waals surface area contributed by atoms with Crippen molar-refractivity contribution in [2.75, 3.05) is 37.6 Å². The van der Waals surface area contributed by atoms with Crippen LogP contribution in [0.3, 0.4) is 0 Å². The number of piperazine rings is 1. The molecule has 1 atom stereocenters. The van der Waals surface area contributed by atoms with Crippen LogP contribution in [0.4, 0.5) is 5.69 Å². The molecule has 0 radical (unpaired) electrons. The van der Waals surface area contributed by atoms with Crippen LogP contribution in [0.1, 0.15) is 19.3 Å². The number of nitrogens with zero attached hydrogens (tertiary/aromatic N) is 2. The third-order valence-electron chi connectivity index (χ3n) is 4.39. The zero-order valence-electron chi connectivity index (χ0n) is 13.0. The molecule has 2 heterocycles. The Hall–Kier alpha value is -0.680. The fourth-order valence-electron chi connectivity index (χ4n) is 3.12. The first-order chi connectivity index (χ1) is 10.2. The van der Waals surface area contributed by atoms with Gasteiger partial charge in [-0.05, 0) is 43.7 Å². The van der Waals surface area contributed by atoms with Gasteiger partial charge in [0.15, 0.2) is 0 Å². The molecule has 0 aromatic heterocycles. The Morgan fingerprint density at radius 1 is 1.04 bits per heavy atom. The third kappa shape index (κ3) is 5.15. The number of carbonyl (C=O) groups excluding carboxylic acids is 1. The molecule has 2 aliphatic heterocycles. The van der Waals surface area contributed by atoms with Crippen LogP contribution in [0.5, 0.6) is 0 Å². The summed E-state index contributed by atoms with van der Waals surface area (Å²) in [5.41, 5.74) is 1.18. The van der Waals surface area contributed by atoms with Crippen molar-refractivity contribution >= 4 is 48.0 Å². The highest BCUT2D eigenvalue weighted by Gasteiger charge is 2.28. The molecule has 1 aromatic rings. The summed E-state index contributed by atoms with van der Waals surface area (Å²) in [6.07, 6.45) is 3.33. The van der Waals surface area contributed by atoms with Gasteiger partial charge >= 0.3 is 0 Å². The second-order valence-corrected chi connectivity index (χ2v) is 6.23. The van der Waals surface area contributed by atoms with E-state index in [-0.39, 0.29) is 36.8 Å². The van der Waals surface area contributed by atoms with Crippen LogP contribution < -0.4 is 10.2 Å². The topological polar surface area (TPSA) is 35.6 Å². The number of benzene rings is 1. The maximum absolute atomic E-state index is 12.5. The fourth-order valence-corrected chi connectivity index (χ4v) is 3.25. The Morgan fingerprint density at radius 3 is 2.26 bits per heavy atom. The molecule has 2 aliphatic rings. The molecule has 23 heavy (non-hydrogen) atoms. The summed E-state index contributed by atoms with van der Waals surface area (Å²) >= 11 is 5.92. The van der Waals surface area contributed by atoms with Crippen molar-refractivity contribution in [3.8, 4) is 0 Å². The fraction of sp³-hybridized carbons (Fsp3) is 0.562. The predicted molar refractivity (Wildman–Crippen MR) is 100 cm³/mol. The van der Waals surface area contributed by atoms with Crippen LogP contribution in [0.2, 0.25) is 5.02 Å². The quantitative estimate of drug-likeness (QED) is 0.857. The minimum absolute atomic E-state index is 0. The first-order valence-electron chi connectivity index (χ1n) is 7.77. The Balaban J connectivity index is 0.00000132. The Bertz CT molecular complexity index is 484. The summed E-state index contributed by atoms with van der Waals surface area (Å²) in [5, 5.41) is 4.11. The molecular weight excluding hydrogens is 357 g/mol. The average molecular weight is 381 g/mol. The molecule has 0 bridgehead atoms. The van der Waals surface area contributed by atoms with Gasteiger partial charge < -0.3 is 15.1 Å². The van der Waals surface area contributed by atoms with E-state index < -0.39 is 0 Å². The van der Waals surface area contributed by atoms with Gasteiger partial charge in [0, 0.05) is 36.9 Å². The van der Waals surface area contributed by atoms with Gasteiger partial charge in [0.1, 0.15) is 0 Å². The summed E-state index contributed by atoms with van der Waals surface area (Å²) in [4.78, 5) is 16.8. The first kappa shape index (κ1) is 20.4. The van der Waals surface area contributed by atoms with E-state index in [1.807, 2.05) is 29.2 Å². The minimum Gasteiger partial charge on any atom is -0.368 e. The van der Waals surface area contributed by atoms with Gasteiger partial charge in [0.25, 0.3) is 0 Å². The standard InChI is InChI=1S/C16H22ClN3O.2ClH/c17-13-4-6-14(7-5-13)19-9-11-20(12-10-19)16(21)15-3-1-2-8-18-15;;/h4-7,15,18H,1-3,8-12H2;2*1H. The van der Waals surface area contributed by atoms with E-state index in [1.165, 1.54) is 12.1 Å². The van der Waals surface area contributed by atoms with Gasteiger partial charge in [-0.3, -0.25) is 4.79 Å². The SMILES string of the molecule is Cl.Cl.O=C(C1CCCCN1)N1CCN(c2ccc(Cl)cc2)CC1. The normalized spacial score (nSPS) is 21.2. The van der Waals surface area contributed by atoms with E-state index >= 15 is 0 Å². The largest absolute Gasteiger partial charge is 0.368 e. The monoisotopic (exact) mass is 379 g/mol. The van der Waals surface area contributed by atoms with Crippen LogP contribution in [-0.4, -0.2) is 49.6 Å². The Kier molecular flexibility index (Phi) is 8.48. The number of hydrogen-bond acceptors (Lipinski definition) is 3. The Labute approximate surface area is 155 Å². The van der Waals surface area contributed by atoms with Gasteiger partial charge in [-0.2, -0.15) is 0 Å². The molecule has 1 aromatic carbocycles. The summed E-state index contributed by atoms with van der Waals surface area (Å²) in [7, 11) is 0. The molecular formula is C16H24Cl3N3O. The number of halogens is 3. The lowest BCUT2D eigenvalue weighted by molar-refractivity contribution is -0.134. The highest BCUT2D eigenvalue weighted by molar-refractivity contribution is 6.30. The van der Waals surface area contributed by atoms with Crippen molar-refractivity contribution in [3.05, 3.63) is 29.3 Å². The lowest BCUT2D eigenvalue weighted by Crippen LogP contribution is -2.55. The summed E-state index contributed by atoms with van der Waals surface area (Å²) in [5.74, 6) is 0.283. The number of nitrogens with one attached hydrogen (secondary N) is 1. The molecule has 1 amide bonds. The van der Waals surface area contributed by atoms with Crippen LogP contribution in [0.15, 0.2) is 24.3 Å². The number of piperidine rings is 1. The maximum Gasteiger partial charge on any atom is 0.239 e. The van der Waals surface area contributed by atoms with E-state index in [2.05, 4.69) is 10.2 Å². The van der Waals surface area contributed by atoms with E-state index in [0.717, 1.165) is 50.6 Å². The molecule has 0 saturated carbocycles. The zero-order chi connectivity index (χ0) is 14.7. The van der Waals surface area contributed by atoms with E-state index in [0.29, 0.717) is 0 Å². The van der Waals surface area contributed by atoms with Crippen molar-refractivity contribution < 1.29 is 4.79 Å². The molecule has 4 nitrogen and oxygen atoms in total. The zero-order valence-corrected chi connectivity index (χ0v) is 15.4. The summed E-state index contributed by atoms with van der Waals surface area (Å²) in [6.45, 7) is 4.36. The number of anilines is 1. The second kappa shape index (κ2) is 9.58. The van der Waals surface area contributed by atoms with Crippen LogP contribution >= 0.6 is 36.4 Å². The summed E-state index contributed by atoms with van der Waals surface area (Å²) < 4.78 is 0. The third-order valence-corrected chi connectivity index (χ3v) is 4.64. The molecule has 2 fully saturated rings. The van der Waals surface area contributed by atoms with E-state index in [4.69, 9.17) is 11.6 Å². The second-order valence-electron chi connectivity index (χ2n) is 5.79. The van der Waals surface area contributed by atoms with Crippen molar-refractivity contribution in [1.29, 1.82) is 0 Å². The lowest BCUT2D eigenvalue weighted by atomic mass is 10.0. The van der Waals surface area contributed by atoms with Crippen molar-refractivity contribution in [3.63, 3.8) is 0 Å². The van der Waals surface area contributed by atoms with Crippen molar-refractivity contribution in [1.82, 2.24) is 10.2 Å². The highest BCUT2D eigenvalue weighted by atomic mass is 35.5. The lowest BCUT2D eigenvalue weighted by Gasteiger charge is -2.38. The number of amides is 1. The summed E-state index contributed by atoms with van der Waals surface area (Å²) in [6, 6.07) is 7.96. The number of carbonyl (C=O) groups is 1.